The van der Waals surface area contributed by atoms with E-state index in [9.17, 15) is 0 Å². The number of nitrogens with zero attached hydrogens (tertiary/aromatic N) is 2. The van der Waals surface area contributed by atoms with Crippen LogP contribution in [0.2, 0.25) is 0 Å². The van der Waals surface area contributed by atoms with Gasteiger partial charge in [-0.3, -0.25) is 0 Å². The molecule has 11 heavy (non-hydrogen) atoms. The van der Waals surface area contributed by atoms with E-state index in [2.05, 4.69) is 4.98 Å². The van der Waals surface area contributed by atoms with Crippen molar-refractivity contribution in [1.29, 1.82) is 0 Å². The van der Waals surface area contributed by atoms with Gasteiger partial charge in [0, 0.05) is 6.54 Å². The lowest BCUT2D eigenvalue weighted by Crippen LogP contribution is -2.01. The Bertz CT molecular complexity index is 236. The second-order valence-electron chi connectivity index (χ2n) is 2.00. The van der Waals surface area contributed by atoms with Gasteiger partial charge >= 0.3 is 0 Å². The monoisotopic (exact) mass is 174 g/mol. The second-order valence-corrected chi connectivity index (χ2v) is 2.78. The van der Waals surface area contributed by atoms with E-state index in [0.717, 1.165) is 5.16 Å². The predicted molar refractivity (Wildman–Crippen MR) is 42.8 cm³/mol. The summed E-state index contributed by atoms with van der Waals surface area (Å²) in [6.45, 7) is 0.535. The Morgan fingerprint density at radius 1 is 1.73 bits per heavy atom. The number of hydrogen-bond donors (Lipinski definition) is 2. The van der Waals surface area contributed by atoms with Crippen LogP contribution >= 0.6 is 11.8 Å². The van der Waals surface area contributed by atoms with Gasteiger partial charge in [0.1, 0.15) is 0 Å². The minimum absolute atomic E-state index is 0.00259. The van der Waals surface area contributed by atoms with Gasteiger partial charge in [-0.25, -0.2) is 0 Å². The summed E-state index contributed by atoms with van der Waals surface area (Å²) in [5.41, 5.74) is 0. The van der Waals surface area contributed by atoms with Crippen LogP contribution in [0.1, 0.15) is 0 Å². The number of aromatic hydroxyl groups is 1. The van der Waals surface area contributed by atoms with E-state index < -0.39 is 0 Å². The first-order valence-electron chi connectivity index (χ1n) is 3.19. The summed E-state index contributed by atoms with van der Waals surface area (Å²) in [7, 11) is 0. The second kappa shape index (κ2) is 3.64. The lowest BCUT2D eigenvalue weighted by Gasteiger charge is -2.00. The molecule has 2 N–H and O–H groups in total. The molecule has 1 aromatic rings. The van der Waals surface area contributed by atoms with Crippen molar-refractivity contribution in [2.24, 2.45) is 0 Å². The molecule has 0 atom stereocenters. The molecular weight excluding hydrogens is 164 g/mol. The first-order valence-corrected chi connectivity index (χ1v) is 4.41. The van der Waals surface area contributed by atoms with E-state index in [1.54, 1.807) is 4.57 Å². The number of hydrogen-bond acceptors (Lipinski definition) is 4. The van der Waals surface area contributed by atoms with Crippen molar-refractivity contribution in [2.45, 2.75) is 11.7 Å². The van der Waals surface area contributed by atoms with Crippen LogP contribution in [-0.2, 0) is 6.54 Å². The molecule has 0 unspecified atom stereocenters. The third-order valence-electron chi connectivity index (χ3n) is 1.25. The maximum atomic E-state index is 8.96. The number of imidazole rings is 1. The molecule has 0 aliphatic heterocycles. The van der Waals surface area contributed by atoms with Crippen LogP contribution in [0.5, 0.6) is 5.88 Å². The molecule has 0 aliphatic carbocycles. The average Bonchev–Trinajstić information content (AvgIpc) is 2.32. The van der Waals surface area contributed by atoms with E-state index in [1.165, 1.54) is 18.0 Å². The molecule has 1 rings (SSSR count). The maximum absolute atomic E-state index is 8.96. The maximum Gasteiger partial charge on any atom is 0.230 e. The zero-order valence-corrected chi connectivity index (χ0v) is 7.01. The molecule has 62 valence electrons. The van der Waals surface area contributed by atoms with Gasteiger partial charge in [0.05, 0.1) is 12.8 Å². The van der Waals surface area contributed by atoms with Crippen LogP contribution < -0.4 is 0 Å². The Balaban J connectivity index is 2.83. The van der Waals surface area contributed by atoms with Crippen LogP contribution in [0.4, 0.5) is 0 Å². The van der Waals surface area contributed by atoms with Gasteiger partial charge in [0.15, 0.2) is 5.16 Å². The highest BCUT2D eigenvalue weighted by Crippen LogP contribution is 2.17. The summed E-state index contributed by atoms with van der Waals surface area (Å²) in [6.07, 6.45) is 3.37. The van der Waals surface area contributed by atoms with Gasteiger partial charge in [-0.2, -0.15) is 4.98 Å². The van der Waals surface area contributed by atoms with Crippen LogP contribution in [0.3, 0.4) is 0 Å². The largest absolute Gasteiger partial charge is 0.492 e. The lowest BCUT2D eigenvalue weighted by atomic mass is 10.7. The third-order valence-corrected chi connectivity index (χ3v) is 1.94. The Morgan fingerprint density at radius 3 is 3.00 bits per heavy atom. The molecule has 0 fully saturated rings. The molecule has 1 heterocycles. The summed E-state index contributed by atoms with van der Waals surface area (Å²) in [5.74, 6) is 0.00259. The smallest absolute Gasteiger partial charge is 0.230 e. The molecule has 4 nitrogen and oxygen atoms in total. The predicted octanol–water partition coefficient (Wildman–Crippen LogP) is 0.303. The van der Waals surface area contributed by atoms with Crippen molar-refractivity contribution in [1.82, 2.24) is 9.55 Å². The molecular formula is C6H10N2O2S. The first-order chi connectivity index (χ1) is 5.27. The van der Waals surface area contributed by atoms with Crippen molar-refractivity contribution in [2.75, 3.05) is 12.9 Å². The average molecular weight is 174 g/mol. The summed E-state index contributed by atoms with van der Waals surface area (Å²) < 4.78 is 1.71. The molecule has 5 heteroatoms. The molecule has 0 amide bonds. The van der Waals surface area contributed by atoms with E-state index in [-0.39, 0.29) is 12.5 Å². The zero-order valence-electron chi connectivity index (χ0n) is 6.19. The highest BCUT2D eigenvalue weighted by Gasteiger charge is 2.03. The molecule has 0 radical (unpaired) electrons. The molecule has 0 spiro atoms. The summed E-state index contributed by atoms with van der Waals surface area (Å²) >= 11 is 1.44. The molecule has 1 aromatic heterocycles. The standard InChI is InChI=1S/C6H10N2O2S/c1-11-6-7-5(10)4-8(6)2-3-9/h4,9-10H,2-3H2,1H3. The Kier molecular flexibility index (Phi) is 2.78. The van der Waals surface area contributed by atoms with Crippen molar-refractivity contribution in [3.63, 3.8) is 0 Å². The molecule has 0 bridgehead atoms. The fraction of sp³-hybridized carbons (Fsp3) is 0.500. The highest BCUT2D eigenvalue weighted by atomic mass is 32.2. The molecule has 0 aromatic carbocycles. The van der Waals surface area contributed by atoms with E-state index in [1.807, 2.05) is 6.26 Å². The number of aliphatic hydroxyl groups excluding tert-OH is 1. The normalized spacial score (nSPS) is 10.4. The quantitative estimate of drug-likeness (QED) is 0.647. The van der Waals surface area contributed by atoms with Crippen molar-refractivity contribution < 1.29 is 10.2 Å². The third kappa shape index (κ3) is 1.87. The van der Waals surface area contributed by atoms with Gasteiger partial charge in [0.25, 0.3) is 0 Å². The highest BCUT2D eigenvalue weighted by molar-refractivity contribution is 7.98. The molecule has 0 saturated carbocycles. The lowest BCUT2D eigenvalue weighted by molar-refractivity contribution is 0.271. The van der Waals surface area contributed by atoms with Gasteiger partial charge in [-0.1, -0.05) is 11.8 Å². The fourth-order valence-electron chi connectivity index (χ4n) is 0.817. The van der Waals surface area contributed by atoms with Crippen LogP contribution in [0.25, 0.3) is 0 Å². The van der Waals surface area contributed by atoms with E-state index in [4.69, 9.17) is 10.2 Å². The Morgan fingerprint density at radius 2 is 2.45 bits per heavy atom. The number of aromatic nitrogens is 2. The Hall–Kier alpha value is -0.680. The van der Waals surface area contributed by atoms with Crippen molar-refractivity contribution in [3.8, 4) is 5.88 Å². The van der Waals surface area contributed by atoms with Crippen molar-refractivity contribution in [3.05, 3.63) is 6.20 Å². The molecule has 0 aliphatic rings. The van der Waals surface area contributed by atoms with Gasteiger partial charge in [-0.15, -0.1) is 0 Å². The minimum Gasteiger partial charge on any atom is -0.492 e. The fourth-order valence-corrected chi connectivity index (χ4v) is 1.38. The van der Waals surface area contributed by atoms with Gasteiger partial charge in [0.2, 0.25) is 5.88 Å². The molecule has 0 saturated heterocycles. The zero-order chi connectivity index (χ0) is 8.27. The summed E-state index contributed by atoms with van der Waals surface area (Å²) in [4.78, 5) is 3.82. The van der Waals surface area contributed by atoms with E-state index in [0.29, 0.717) is 6.54 Å². The minimum atomic E-state index is 0.00259. The van der Waals surface area contributed by atoms with Crippen LogP contribution in [0, 0.1) is 0 Å². The van der Waals surface area contributed by atoms with Gasteiger partial charge in [-0.05, 0) is 6.26 Å². The number of rotatable bonds is 3. The van der Waals surface area contributed by atoms with Crippen LogP contribution in [0.15, 0.2) is 11.4 Å². The number of thioether (sulfide) groups is 1. The van der Waals surface area contributed by atoms with Crippen molar-refractivity contribution >= 4 is 11.8 Å². The van der Waals surface area contributed by atoms with Gasteiger partial charge < -0.3 is 14.8 Å². The number of aliphatic hydroxyl groups is 1. The SMILES string of the molecule is CSc1nc(O)cn1CCO. The topological polar surface area (TPSA) is 58.3 Å². The Labute approximate surface area is 68.9 Å². The van der Waals surface area contributed by atoms with Crippen LogP contribution in [-0.4, -0.2) is 32.6 Å². The summed E-state index contributed by atoms with van der Waals surface area (Å²) in [5, 5.41) is 18.3. The van der Waals surface area contributed by atoms with E-state index >= 15 is 0 Å². The first kappa shape index (κ1) is 8.42. The summed E-state index contributed by atoms with van der Waals surface area (Å²) in [6, 6.07) is 0.